The number of benzene rings is 1. The van der Waals surface area contributed by atoms with E-state index in [1.807, 2.05) is 26.0 Å². The van der Waals surface area contributed by atoms with E-state index in [1.54, 1.807) is 24.3 Å². The van der Waals surface area contributed by atoms with Crippen LogP contribution in [0.3, 0.4) is 0 Å². The summed E-state index contributed by atoms with van der Waals surface area (Å²) in [5, 5.41) is 6.64. The molecule has 0 fully saturated rings. The van der Waals surface area contributed by atoms with Crippen molar-refractivity contribution >= 4 is 28.8 Å². The van der Waals surface area contributed by atoms with Gasteiger partial charge in [-0.1, -0.05) is 17.7 Å². The van der Waals surface area contributed by atoms with E-state index >= 15 is 0 Å². The quantitative estimate of drug-likeness (QED) is 0.708. The van der Waals surface area contributed by atoms with Crippen LogP contribution in [0.5, 0.6) is 5.75 Å². The van der Waals surface area contributed by atoms with Crippen LogP contribution in [0.2, 0.25) is 5.02 Å². The van der Waals surface area contributed by atoms with Gasteiger partial charge in [0, 0.05) is 17.6 Å². The highest BCUT2D eigenvalue weighted by Gasteiger charge is 2.15. The molecule has 6 heteroatoms. The lowest BCUT2D eigenvalue weighted by Crippen LogP contribution is -2.36. The topological polar surface area (TPSA) is 51.2 Å². The number of amides is 1. The fraction of sp³-hybridized carbons (Fsp3) is 0.444. The van der Waals surface area contributed by atoms with Crippen molar-refractivity contribution < 1.29 is 9.53 Å². The first-order valence-corrected chi connectivity index (χ1v) is 9.33. The van der Waals surface area contributed by atoms with Gasteiger partial charge in [0.05, 0.1) is 10.0 Å². The normalized spacial score (nSPS) is 12.0. The molecule has 1 amide bonds. The molecule has 24 heavy (non-hydrogen) atoms. The summed E-state index contributed by atoms with van der Waals surface area (Å²) in [6, 6.07) is 5.52. The van der Waals surface area contributed by atoms with Crippen molar-refractivity contribution in [1.29, 1.82) is 0 Å². The van der Waals surface area contributed by atoms with Gasteiger partial charge in [0.2, 0.25) is 0 Å². The van der Waals surface area contributed by atoms with Gasteiger partial charge in [-0.3, -0.25) is 4.79 Å². The molecule has 1 heterocycles. The summed E-state index contributed by atoms with van der Waals surface area (Å²) >= 11 is 7.78. The first-order valence-electron chi connectivity index (χ1n) is 8.07. The Hall–Kier alpha value is -1.59. The Morgan fingerprint density at radius 1 is 1.38 bits per heavy atom. The van der Waals surface area contributed by atoms with Crippen LogP contribution in [-0.2, 0) is 11.2 Å². The lowest BCUT2D eigenvalue weighted by atomic mass is 10.2. The summed E-state index contributed by atoms with van der Waals surface area (Å²) in [5.41, 5.74) is 2.11. The number of ether oxygens (including phenoxy) is 1. The number of hydrogen-bond acceptors (Lipinski definition) is 4. The van der Waals surface area contributed by atoms with E-state index in [9.17, 15) is 4.79 Å². The molecule has 0 radical (unpaired) electrons. The van der Waals surface area contributed by atoms with E-state index in [0.717, 1.165) is 35.5 Å². The van der Waals surface area contributed by atoms with Crippen molar-refractivity contribution in [3.8, 4) is 5.75 Å². The molecule has 0 aliphatic carbocycles. The summed E-state index contributed by atoms with van der Waals surface area (Å²) in [7, 11) is 0. The largest absolute Gasteiger partial charge is 0.479 e. The van der Waals surface area contributed by atoms with Gasteiger partial charge in [-0.15, -0.1) is 11.3 Å². The third kappa shape index (κ3) is 5.80. The van der Waals surface area contributed by atoms with Crippen molar-refractivity contribution in [3.63, 3.8) is 0 Å². The monoisotopic (exact) mass is 366 g/mol. The standard InChI is InChI=1S/C18H23ClN2O2S/c1-12-7-8-15(19)16(10-12)23-14(3)18(22)20-9-5-4-6-17-21-13(2)11-24-17/h7-8,10-11,14H,4-6,9H2,1-3H3,(H,20,22). The smallest absolute Gasteiger partial charge is 0.260 e. The van der Waals surface area contributed by atoms with Crippen molar-refractivity contribution in [2.75, 3.05) is 6.54 Å². The highest BCUT2D eigenvalue weighted by Crippen LogP contribution is 2.26. The molecule has 0 aliphatic heterocycles. The summed E-state index contributed by atoms with van der Waals surface area (Å²) in [6.07, 6.45) is 2.30. The Bertz CT molecular complexity index is 687. The second-order valence-corrected chi connectivity index (χ2v) is 7.17. The number of carbonyl (C=O) groups is 1. The van der Waals surface area contributed by atoms with Crippen LogP contribution in [0, 0.1) is 13.8 Å². The molecule has 1 unspecified atom stereocenters. The van der Waals surface area contributed by atoms with Gasteiger partial charge in [0.25, 0.3) is 5.91 Å². The van der Waals surface area contributed by atoms with Crippen LogP contribution in [0.15, 0.2) is 23.6 Å². The minimum Gasteiger partial charge on any atom is -0.479 e. The molecular formula is C18H23ClN2O2S. The number of aryl methyl sites for hydroxylation is 3. The average Bonchev–Trinajstić information content (AvgIpc) is 2.95. The van der Waals surface area contributed by atoms with Crippen LogP contribution in [-0.4, -0.2) is 23.5 Å². The molecule has 4 nitrogen and oxygen atoms in total. The Labute approximate surface area is 152 Å². The number of thiazole rings is 1. The van der Waals surface area contributed by atoms with Crippen LogP contribution in [0.25, 0.3) is 0 Å². The van der Waals surface area contributed by atoms with Gasteiger partial charge in [0.1, 0.15) is 5.75 Å². The van der Waals surface area contributed by atoms with Gasteiger partial charge in [-0.25, -0.2) is 4.98 Å². The Morgan fingerprint density at radius 3 is 2.88 bits per heavy atom. The maximum Gasteiger partial charge on any atom is 0.260 e. The molecule has 130 valence electrons. The fourth-order valence-electron chi connectivity index (χ4n) is 2.22. The molecule has 0 spiro atoms. The number of aromatic nitrogens is 1. The van der Waals surface area contributed by atoms with Crippen LogP contribution in [0.4, 0.5) is 0 Å². The Morgan fingerprint density at radius 2 is 2.17 bits per heavy atom. The minimum atomic E-state index is -0.578. The van der Waals surface area contributed by atoms with Crippen molar-refractivity contribution in [3.05, 3.63) is 44.9 Å². The SMILES string of the molecule is Cc1ccc(Cl)c(OC(C)C(=O)NCCCCc2nc(C)cs2)c1. The van der Waals surface area contributed by atoms with Crippen LogP contribution in [0.1, 0.15) is 36.0 Å². The molecule has 0 aliphatic rings. The number of nitrogens with one attached hydrogen (secondary N) is 1. The Balaban J connectivity index is 1.69. The maximum absolute atomic E-state index is 12.1. The average molecular weight is 367 g/mol. The van der Waals surface area contributed by atoms with Crippen molar-refractivity contribution in [1.82, 2.24) is 10.3 Å². The summed E-state index contributed by atoms with van der Waals surface area (Å²) in [5.74, 6) is 0.413. The van der Waals surface area contributed by atoms with Crippen LogP contribution < -0.4 is 10.1 Å². The van der Waals surface area contributed by atoms with Gasteiger partial charge in [0.15, 0.2) is 6.10 Å². The van der Waals surface area contributed by atoms with E-state index < -0.39 is 6.10 Å². The minimum absolute atomic E-state index is 0.127. The van der Waals surface area contributed by atoms with Gasteiger partial charge >= 0.3 is 0 Å². The zero-order chi connectivity index (χ0) is 17.5. The van der Waals surface area contributed by atoms with Crippen LogP contribution >= 0.6 is 22.9 Å². The molecule has 1 atom stereocenters. The number of halogens is 1. The highest BCUT2D eigenvalue weighted by molar-refractivity contribution is 7.09. The van der Waals surface area contributed by atoms with E-state index in [1.165, 1.54) is 0 Å². The zero-order valence-electron chi connectivity index (χ0n) is 14.3. The summed E-state index contributed by atoms with van der Waals surface area (Å²) in [6.45, 7) is 6.32. The molecule has 1 aromatic carbocycles. The highest BCUT2D eigenvalue weighted by atomic mass is 35.5. The molecular weight excluding hydrogens is 344 g/mol. The van der Waals surface area contributed by atoms with E-state index in [0.29, 0.717) is 17.3 Å². The molecule has 0 saturated heterocycles. The first-order chi connectivity index (χ1) is 11.5. The predicted molar refractivity (Wildman–Crippen MR) is 99.1 cm³/mol. The van der Waals surface area contributed by atoms with Gasteiger partial charge in [-0.2, -0.15) is 0 Å². The molecule has 0 bridgehead atoms. The number of nitrogens with zero attached hydrogens (tertiary/aromatic N) is 1. The maximum atomic E-state index is 12.1. The predicted octanol–water partition coefficient (Wildman–Crippen LogP) is 4.32. The van der Waals surface area contributed by atoms with Crippen molar-refractivity contribution in [2.45, 2.75) is 46.1 Å². The summed E-state index contributed by atoms with van der Waals surface area (Å²) < 4.78 is 5.66. The number of hydrogen-bond donors (Lipinski definition) is 1. The van der Waals surface area contributed by atoms with E-state index in [2.05, 4.69) is 15.7 Å². The number of rotatable bonds is 8. The fourth-order valence-corrected chi connectivity index (χ4v) is 3.20. The molecule has 2 aromatic rings. The van der Waals surface area contributed by atoms with E-state index in [-0.39, 0.29) is 5.91 Å². The molecule has 2 rings (SSSR count). The Kier molecular flexibility index (Phi) is 7.06. The van der Waals surface area contributed by atoms with Crippen molar-refractivity contribution in [2.24, 2.45) is 0 Å². The number of unbranched alkanes of at least 4 members (excludes halogenated alkanes) is 1. The molecule has 1 aromatic heterocycles. The lowest BCUT2D eigenvalue weighted by molar-refractivity contribution is -0.127. The third-order valence-electron chi connectivity index (χ3n) is 3.54. The molecule has 1 N–H and O–H groups in total. The van der Waals surface area contributed by atoms with E-state index in [4.69, 9.17) is 16.3 Å². The second kappa shape index (κ2) is 9.04. The summed E-state index contributed by atoms with van der Waals surface area (Å²) in [4.78, 5) is 16.5. The molecule has 0 saturated carbocycles. The third-order valence-corrected chi connectivity index (χ3v) is 4.88. The van der Waals surface area contributed by atoms with Gasteiger partial charge in [-0.05, 0) is 57.7 Å². The number of carbonyl (C=O) groups excluding carboxylic acids is 1. The van der Waals surface area contributed by atoms with Gasteiger partial charge < -0.3 is 10.1 Å². The zero-order valence-corrected chi connectivity index (χ0v) is 15.8. The lowest BCUT2D eigenvalue weighted by Gasteiger charge is -2.16. The first kappa shape index (κ1) is 18.7. The second-order valence-electron chi connectivity index (χ2n) is 5.82.